The molecule has 0 spiro atoms. The van der Waals surface area contributed by atoms with Gasteiger partial charge in [-0.1, -0.05) is 30.9 Å². The van der Waals surface area contributed by atoms with Crippen LogP contribution in [-0.2, 0) is 4.79 Å². The van der Waals surface area contributed by atoms with Gasteiger partial charge in [0.05, 0.1) is 40.9 Å². The Balaban J connectivity index is 1.59. The number of ether oxygens (including phenoxy) is 1. The van der Waals surface area contributed by atoms with E-state index >= 15 is 0 Å². The summed E-state index contributed by atoms with van der Waals surface area (Å²) < 4.78 is 5.12. The Morgan fingerprint density at radius 1 is 1.18 bits per heavy atom. The summed E-state index contributed by atoms with van der Waals surface area (Å²) in [5.41, 5.74) is 1.19. The maximum Gasteiger partial charge on any atom is 0.273 e. The van der Waals surface area contributed by atoms with Crippen molar-refractivity contribution in [3.05, 3.63) is 57.1 Å². The fourth-order valence-corrected chi connectivity index (χ4v) is 4.16. The number of rotatable bonds is 8. The van der Waals surface area contributed by atoms with Crippen LogP contribution in [0, 0.1) is 10.1 Å². The summed E-state index contributed by atoms with van der Waals surface area (Å²) in [7, 11) is 3.18. The van der Waals surface area contributed by atoms with Crippen molar-refractivity contribution in [2.24, 2.45) is 0 Å². The van der Waals surface area contributed by atoms with Crippen LogP contribution in [0.3, 0.4) is 0 Å². The second-order valence-electron chi connectivity index (χ2n) is 7.95. The molecule has 10 heteroatoms. The number of benzene rings is 2. The molecule has 0 saturated heterocycles. The van der Waals surface area contributed by atoms with Gasteiger partial charge in [0.2, 0.25) is 5.91 Å². The van der Waals surface area contributed by atoms with Crippen molar-refractivity contribution >= 4 is 40.5 Å². The van der Waals surface area contributed by atoms with Gasteiger partial charge >= 0.3 is 0 Å². The van der Waals surface area contributed by atoms with E-state index in [9.17, 15) is 19.7 Å². The lowest BCUT2D eigenvalue weighted by atomic mass is 9.94. The Hall–Kier alpha value is -3.33. The number of anilines is 2. The topological polar surface area (TPSA) is 114 Å². The van der Waals surface area contributed by atoms with Gasteiger partial charge in [-0.2, -0.15) is 0 Å². The van der Waals surface area contributed by atoms with Gasteiger partial charge in [-0.25, -0.2) is 0 Å². The third-order valence-corrected chi connectivity index (χ3v) is 6.08. The lowest BCUT2D eigenvalue weighted by molar-refractivity contribution is -0.384. The van der Waals surface area contributed by atoms with Gasteiger partial charge in [0.1, 0.15) is 5.75 Å². The van der Waals surface area contributed by atoms with E-state index in [2.05, 4.69) is 10.6 Å². The van der Waals surface area contributed by atoms with Gasteiger partial charge in [0, 0.05) is 24.8 Å². The number of carbonyl (C=O) groups excluding carboxylic acids is 2. The van der Waals surface area contributed by atoms with Gasteiger partial charge in [0.25, 0.3) is 11.6 Å². The van der Waals surface area contributed by atoms with Crippen molar-refractivity contribution < 1.29 is 19.2 Å². The highest BCUT2D eigenvalue weighted by Gasteiger charge is 2.24. The Bertz CT molecular complexity index is 1040. The number of methoxy groups -OCH3 is 1. The van der Waals surface area contributed by atoms with Crippen LogP contribution in [0.5, 0.6) is 5.75 Å². The molecule has 0 unspecified atom stereocenters. The minimum Gasteiger partial charge on any atom is -0.494 e. The molecule has 2 aromatic rings. The minimum atomic E-state index is -0.541. The van der Waals surface area contributed by atoms with E-state index in [1.54, 1.807) is 23.1 Å². The highest BCUT2D eigenvalue weighted by molar-refractivity contribution is 6.34. The van der Waals surface area contributed by atoms with Crippen molar-refractivity contribution in [2.45, 2.75) is 38.1 Å². The molecule has 0 radical (unpaired) electrons. The molecule has 9 nitrogen and oxygen atoms in total. The molecule has 2 aromatic carbocycles. The van der Waals surface area contributed by atoms with Crippen LogP contribution in [-0.4, -0.2) is 48.4 Å². The number of nitro benzene ring substituents is 1. The van der Waals surface area contributed by atoms with Crippen molar-refractivity contribution in [3.8, 4) is 5.75 Å². The zero-order valence-electron chi connectivity index (χ0n) is 18.6. The van der Waals surface area contributed by atoms with E-state index in [1.807, 2.05) is 7.05 Å². The van der Waals surface area contributed by atoms with Crippen LogP contribution in [0.4, 0.5) is 17.1 Å². The number of non-ortho nitro benzene ring substituents is 1. The predicted octanol–water partition coefficient (Wildman–Crippen LogP) is 4.71. The number of nitro groups is 1. The summed E-state index contributed by atoms with van der Waals surface area (Å²) in [4.78, 5) is 37.3. The molecule has 1 aliphatic carbocycles. The van der Waals surface area contributed by atoms with E-state index in [4.69, 9.17) is 16.3 Å². The minimum absolute atomic E-state index is 0.0776. The summed E-state index contributed by atoms with van der Waals surface area (Å²) in [6.07, 6.45) is 5.49. The van der Waals surface area contributed by atoms with Crippen molar-refractivity contribution in [2.75, 3.05) is 31.3 Å². The Morgan fingerprint density at radius 3 is 2.55 bits per heavy atom. The number of carbonyl (C=O) groups is 2. The summed E-state index contributed by atoms with van der Waals surface area (Å²) in [5.74, 6) is -0.303. The van der Waals surface area contributed by atoms with Crippen LogP contribution in [0.1, 0.15) is 42.5 Å². The zero-order chi connectivity index (χ0) is 24.0. The fraction of sp³-hybridized carbons (Fsp3) is 0.391. The van der Waals surface area contributed by atoms with Crippen LogP contribution in [0.15, 0.2) is 36.4 Å². The molecule has 1 aliphatic rings. The summed E-state index contributed by atoms with van der Waals surface area (Å²) in [6, 6.07) is 9.14. The SMILES string of the molecule is COc1cc([N+](=O)[O-])ccc1NC(=O)CNc1ccc(C(=O)N(C)C2CCCCC2)c(Cl)c1. The Kier molecular flexibility index (Phi) is 8.11. The first-order valence-electron chi connectivity index (χ1n) is 10.7. The third-order valence-electron chi connectivity index (χ3n) is 5.77. The van der Waals surface area contributed by atoms with Gasteiger partial charge < -0.3 is 20.3 Å². The zero-order valence-corrected chi connectivity index (χ0v) is 19.4. The molecular formula is C23H27ClN4O5. The molecule has 33 heavy (non-hydrogen) atoms. The molecule has 176 valence electrons. The molecule has 0 aromatic heterocycles. The van der Waals surface area contributed by atoms with E-state index in [0.717, 1.165) is 25.7 Å². The molecule has 3 rings (SSSR count). The number of hydrogen-bond acceptors (Lipinski definition) is 6. The molecule has 1 fully saturated rings. The van der Waals surface area contributed by atoms with Crippen LogP contribution in [0.25, 0.3) is 0 Å². The predicted molar refractivity (Wildman–Crippen MR) is 127 cm³/mol. The standard InChI is InChI=1S/C23H27ClN4O5/c1-27(16-6-4-3-5-7-16)23(30)18-10-8-15(12-19(18)24)25-14-22(29)26-20-11-9-17(28(31)32)13-21(20)33-2/h8-13,16,25H,3-7,14H2,1-2H3,(H,26,29). The van der Waals surface area contributed by atoms with E-state index in [1.165, 1.54) is 31.7 Å². The van der Waals surface area contributed by atoms with Crippen LogP contribution >= 0.6 is 11.6 Å². The highest BCUT2D eigenvalue weighted by atomic mass is 35.5. The smallest absolute Gasteiger partial charge is 0.273 e. The van der Waals surface area contributed by atoms with Crippen molar-refractivity contribution in [1.29, 1.82) is 0 Å². The highest BCUT2D eigenvalue weighted by Crippen LogP contribution is 2.29. The molecule has 1 saturated carbocycles. The lowest BCUT2D eigenvalue weighted by Crippen LogP contribution is -2.38. The fourth-order valence-electron chi connectivity index (χ4n) is 3.90. The van der Waals surface area contributed by atoms with Gasteiger partial charge in [-0.3, -0.25) is 19.7 Å². The molecule has 2 amide bonds. The average molecular weight is 475 g/mol. The first kappa shape index (κ1) is 24.3. The second-order valence-corrected chi connectivity index (χ2v) is 8.35. The molecule has 0 aliphatic heterocycles. The van der Waals surface area contributed by atoms with E-state index in [0.29, 0.717) is 22.0 Å². The maximum atomic E-state index is 12.9. The van der Waals surface area contributed by atoms with Crippen molar-refractivity contribution in [1.82, 2.24) is 4.90 Å². The molecular weight excluding hydrogens is 448 g/mol. The van der Waals surface area contributed by atoms with Gasteiger partial charge in [0.15, 0.2) is 0 Å². The second kappa shape index (κ2) is 11.0. The quantitative estimate of drug-likeness (QED) is 0.423. The van der Waals surface area contributed by atoms with Gasteiger partial charge in [-0.15, -0.1) is 0 Å². The Labute approximate surface area is 197 Å². The van der Waals surface area contributed by atoms with Crippen LogP contribution in [0.2, 0.25) is 5.02 Å². The normalized spacial score (nSPS) is 13.8. The van der Waals surface area contributed by atoms with Crippen molar-refractivity contribution in [3.63, 3.8) is 0 Å². The van der Waals surface area contributed by atoms with E-state index in [-0.39, 0.29) is 35.8 Å². The number of halogens is 1. The number of nitrogens with zero attached hydrogens (tertiary/aromatic N) is 2. The number of hydrogen-bond donors (Lipinski definition) is 2. The van der Waals surface area contributed by atoms with E-state index < -0.39 is 4.92 Å². The molecule has 0 bridgehead atoms. The number of nitrogens with one attached hydrogen (secondary N) is 2. The number of amides is 2. The molecule has 0 atom stereocenters. The van der Waals surface area contributed by atoms with Gasteiger partial charge in [-0.05, 0) is 37.1 Å². The lowest BCUT2D eigenvalue weighted by Gasteiger charge is -2.31. The first-order chi connectivity index (χ1) is 15.8. The summed E-state index contributed by atoms with van der Waals surface area (Å²) in [5, 5.41) is 16.8. The average Bonchev–Trinajstić information content (AvgIpc) is 2.82. The summed E-state index contributed by atoms with van der Waals surface area (Å²) >= 11 is 6.37. The first-order valence-corrected chi connectivity index (χ1v) is 11.1. The largest absolute Gasteiger partial charge is 0.494 e. The van der Waals surface area contributed by atoms with Crippen LogP contribution < -0.4 is 15.4 Å². The monoisotopic (exact) mass is 474 g/mol. The maximum absolute atomic E-state index is 12.9. The third kappa shape index (κ3) is 6.13. The molecule has 2 N–H and O–H groups in total. The summed E-state index contributed by atoms with van der Waals surface area (Å²) in [6.45, 7) is -0.0776. The molecule has 0 heterocycles. The Morgan fingerprint density at radius 2 is 1.91 bits per heavy atom.